The molecule has 0 saturated carbocycles. The summed E-state index contributed by atoms with van der Waals surface area (Å²) in [4.78, 5) is 0.205. The number of guanidine groups is 1. The molecule has 0 radical (unpaired) electrons. The first-order chi connectivity index (χ1) is 8.09. The second-order valence-electron chi connectivity index (χ2n) is 4.45. The summed E-state index contributed by atoms with van der Waals surface area (Å²) in [6, 6.07) is 0. The van der Waals surface area contributed by atoms with Crippen molar-refractivity contribution in [2.75, 3.05) is 0 Å². The van der Waals surface area contributed by atoms with Crippen molar-refractivity contribution in [3.8, 4) is 0 Å². The summed E-state index contributed by atoms with van der Waals surface area (Å²) >= 11 is 0. The molecule has 1 rings (SSSR count). The fourth-order valence-corrected chi connectivity index (χ4v) is 3.49. The van der Waals surface area contributed by atoms with Gasteiger partial charge in [0.25, 0.3) is 10.0 Å². The third-order valence-electron chi connectivity index (χ3n) is 3.41. The maximum Gasteiger partial charge on any atom is 0.286 e. The molecule has 0 aliphatic rings. The molecule has 0 amide bonds. The lowest BCUT2D eigenvalue weighted by Gasteiger charge is -2.16. The maximum absolute atomic E-state index is 12.2. The molecule has 1 aromatic rings. The van der Waals surface area contributed by atoms with E-state index in [-0.39, 0.29) is 4.90 Å². The minimum atomic E-state index is -3.84. The van der Waals surface area contributed by atoms with E-state index in [4.69, 9.17) is 11.5 Å². The molecule has 0 heterocycles. The van der Waals surface area contributed by atoms with Gasteiger partial charge in [-0.2, -0.15) is 8.42 Å². The number of benzene rings is 1. The van der Waals surface area contributed by atoms with E-state index in [0.717, 1.165) is 16.7 Å². The van der Waals surface area contributed by atoms with Crippen molar-refractivity contribution >= 4 is 16.0 Å². The van der Waals surface area contributed by atoms with E-state index in [0.29, 0.717) is 11.1 Å². The van der Waals surface area contributed by atoms with Gasteiger partial charge in [-0.05, 0) is 62.4 Å². The summed E-state index contributed by atoms with van der Waals surface area (Å²) in [7, 11) is -3.84. The molecule has 0 saturated heterocycles. The normalized spacial score (nSPS) is 11.4. The quantitative estimate of drug-likeness (QED) is 0.622. The SMILES string of the molecule is Cc1c(C)c(C)c(S(=O)(=O)N=C(N)N)c(C)c1C. The molecule has 5 nitrogen and oxygen atoms in total. The lowest BCUT2D eigenvalue weighted by Crippen LogP contribution is -2.24. The minimum Gasteiger partial charge on any atom is -0.369 e. The van der Waals surface area contributed by atoms with Gasteiger partial charge in [-0.1, -0.05) is 0 Å². The highest BCUT2D eigenvalue weighted by Gasteiger charge is 2.23. The van der Waals surface area contributed by atoms with Crippen LogP contribution in [-0.2, 0) is 10.0 Å². The molecule has 1 aromatic carbocycles. The Kier molecular flexibility index (Phi) is 3.71. The van der Waals surface area contributed by atoms with Gasteiger partial charge in [-0.15, -0.1) is 4.40 Å². The van der Waals surface area contributed by atoms with Gasteiger partial charge in [0.1, 0.15) is 0 Å². The Morgan fingerprint density at radius 3 is 1.50 bits per heavy atom. The molecule has 0 aliphatic heterocycles. The van der Waals surface area contributed by atoms with Crippen LogP contribution in [0.1, 0.15) is 27.8 Å². The first-order valence-electron chi connectivity index (χ1n) is 5.52. The first-order valence-corrected chi connectivity index (χ1v) is 6.96. The van der Waals surface area contributed by atoms with Crippen LogP contribution < -0.4 is 11.5 Å². The third kappa shape index (κ3) is 2.33. The Bertz CT molecular complexity index is 598. The molecule has 100 valence electrons. The van der Waals surface area contributed by atoms with Crippen LogP contribution in [0.2, 0.25) is 0 Å². The summed E-state index contributed by atoms with van der Waals surface area (Å²) < 4.78 is 27.7. The Labute approximate surface area is 108 Å². The van der Waals surface area contributed by atoms with Crippen molar-refractivity contribution < 1.29 is 8.42 Å². The molecule has 4 N–H and O–H groups in total. The molecular weight excluding hydrogens is 250 g/mol. The van der Waals surface area contributed by atoms with E-state index in [1.807, 2.05) is 20.8 Å². The topological polar surface area (TPSA) is 98.5 Å². The number of nitrogens with zero attached hydrogens (tertiary/aromatic N) is 1. The number of sulfonamides is 1. The standard InChI is InChI=1S/C12H19N3O2S/c1-6-7(2)9(4)11(10(5)8(6)3)18(16,17)15-12(13)14/h1-5H3,(H4,13,14,15). The molecular formula is C12H19N3O2S. The fourth-order valence-electron chi connectivity index (χ4n) is 2.04. The molecule has 6 heteroatoms. The molecule has 0 aliphatic carbocycles. The average Bonchev–Trinajstić information content (AvgIpc) is 2.21. The highest BCUT2D eigenvalue weighted by Crippen LogP contribution is 2.30. The van der Waals surface area contributed by atoms with Gasteiger partial charge in [0.05, 0.1) is 4.90 Å². The number of rotatable bonds is 2. The van der Waals surface area contributed by atoms with Crippen LogP contribution in [0.5, 0.6) is 0 Å². The van der Waals surface area contributed by atoms with E-state index in [1.165, 1.54) is 0 Å². The molecule has 0 aromatic heterocycles. The van der Waals surface area contributed by atoms with Crippen LogP contribution in [0.15, 0.2) is 9.29 Å². The average molecular weight is 269 g/mol. The molecule has 0 atom stereocenters. The monoisotopic (exact) mass is 269 g/mol. The maximum atomic E-state index is 12.2. The van der Waals surface area contributed by atoms with Gasteiger partial charge >= 0.3 is 0 Å². The van der Waals surface area contributed by atoms with Gasteiger partial charge < -0.3 is 11.5 Å². The lowest BCUT2D eigenvalue weighted by atomic mass is 9.95. The highest BCUT2D eigenvalue weighted by atomic mass is 32.2. The second kappa shape index (κ2) is 4.61. The largest absolute Gasteiger partial charge is 0.369 e. The highest BCUT2D eigenvalue weighted by molar-refractivity contribution is 7.90. The van der Waals surface area contributed by atoms with Crippen LogP contribution in [0.3, 0.4) is 0 Å². The zero-order valence-corrected chi connectivity index (χ0v) is 12.1. The van der Waals surface area contributed by atoms with Crippen LogP contribution in [0, 0.1) is 34.6 Å². The summed E-state index contributed by atoms with van der Waals surface area (Å²) in [6.07, 6.45) is 0. The third-order valence-corrected chi connectivity index (χ3v) is 4.99. The molecule has 0 spiro atoms. The van der Waals surface area contributed by atoms with Gasteiger partial charge in [0.2, 0.25) is 5.96 Å². The van der Waals surface area contributed by atoms with Gasteiger partial charge in [-0.25, -0.2) is 0 Å². The minimum absolute atomic E-state index is 0.205. The van der Waals surface area contributed by atoms with E-state index in [2.05, 4.69) is 4.40 Å². The smallest absolute Gasteiger partial charge is 0.286 e. The van der Waals surface area contributed by atoms with E-state index in [9.17, 15) is 8.42 Å². The Balaban J connectivity index is 3.78. The Morgan fingerprint density at radius 2 is 1.17 bits per heavy atom. The van der Waals surface area contributed by atoms with Crippen molar-refractivity contribution in [2.45, 2.75) is 39.5 Å². The number of hydrogen-bond donors (Lipinski definition) is 2. The van der Waals surface area contributed by atoms with E-state index < -0.39 is 16.0 Å². The molecule has 0 fully saturated rings. The van der Waals surface area contributed by atoms with Crippen molar-refractivity contribution in [1.29, 1.82) is 0 Å². The zero-order valence-electron chi connectivity index (χ0n) is 11.3. The molecule has 0 unspecified atom stereocenters. The van der Waals surface area contributed by atoms with Crippen LogP contribution in [0.4, 0.5) is 0 Å². The van der Waals surface area contributed by atoms with Gasteiger partial charge in [0, 0.05) is 0 Å². The van der Waals surface area contributed by atoms with E-state index >= 15 is 0 Å². The van der Waals surface area contributed by atoms with Crippen molar-refractivity contribution in [1.82, 2.24) is 0 Å². The summed E-state index contributed by atoms with van der Waals surface area (Å²) in [5.41, 5.74) is 14.7. The number of hydrogen-bond acceptors (Lipinski definition) is 2. The predicted octanol–water partition coefficient (Wildman–Crippen LogP) is 1.19. The van der Waals surface area contributed by atoms with Crippen molar-refractivity contribution in [2.24, 2.45) is 15.9 Å². The second-order valence-corrected chi connectivity index (χ2v) is 5.99. The summed E-state index contributed by atoms with van der Waals surface area (Å²) in [5, 5.41) is 0. The number of nitrogens with two attached hydrogens (primary N) is 2. The lowest BCUT2D eigenvalue weighted by molar-refractivity contribution is 0.596. The van der Waals surface area contributed by atoms with Crippen molar-refractivity contribution in [3.63, 3.8) is 0 Å². The zero-order chi connectivity index (χ0) is 14.2. The van der Waals surface area contributed by atoms with Gasteiger partial charge in [0.15, 0.2) is 0 Å². The van der Waals surface area contributed by atoms with E-state index in [1.54, 1.807) is 13.8 Å². The first kappa shape index (κ1) is 14.5. The Hall–Kier alpha value is -1.56. The summed E-state index contributed by atoms with van der Waals surface area (Å²) in [5.74, 6) is -0.454. The van der Waals surface area contributed by atoms with Crippen LogP contribution >= 0.6 is 0 Å². The van der Waals surface area contributed by atoms with Crippen LogP contribution in [0.25, 0.3) is 0 Å². The predicted molar refractivity (Wildman–Crippen MR) is 73.1 cm³/mol. The van der Waals surface area contributed by atoms with Crippen LogP contribution in [-0.4, -0.2) is 14.4 Å². The molecule has 18 heavy (non-hydrogen) atoms. The molecule has 0 bridgehead atoms. The van der Waals surface area contributed by atoms with Gasteiger partial charge in [-0.3, -0.25) is 0 Å². The Morgan fingerprint density at radius 1 is 0.833 bits per heavy atom. The summed E-state index contributed by atoms with van der Waals surface area (Å²) in [6.45, 7) is 9.30. The van der Waals surface area contributed by atoms with Crippen molar-refractivity contribution in [3.05, 3.63) is 27.8 Å². The fraction of sp³-hybridized carbons (Fsp3) is 0.417.